The summed E-state index contributed by atoms with van der Waals surface area (Å²) in [6.07, 6.45) is 3.17. The zero-order valence-electron chi connectivity index (χ0n) is 12.9. The lowest BCUT2D eigenvalue weighted by molar-refractivity contribution is -0.196. The minimum atomic E-state index is -0.895. The number of fused-ring (bicyclic) bond motifs is 1. The number of hydrogen-bond donors (Lipinski definition) is 2. The SMILES string of the molecule is C.COCC1CC[C@H](Nc2ccc(F)cc2)[C@]2(O)CCCOC12. The number of ether oxygens (including phenoxy) is 2. The van der Waals surface area contributed by atoms with Crippen LogP contribution in [-0.2, 0) is 9.47 Å². The Bertz CT molecular complexity index is 496. The van der Waals surface area contributed by atoms with E-state index in [0.29, 0.717) is 13.2 Å². The maximum Gasteiger partial charge on any atom is 0.123 e. The van der Waals surface area contributed by atoms with Crippen LogP contribution in [0, 0.1) is 11.7 Å². The molecule has 1 heterocycles. The highest BCUT2D eigenvalue weighted by atomic mass is 19.1. The van der Waals surface area contributed by atoms with Crippen LogP contribution in [0.4, 0.5) is 10.1 Å². The second kappa shape index (κ2) is 7.60. The zero-order chi connectivity index (χ0) is 15.6. The summed E-state index contributed by atoms with van der Waals surface area (Å²) in [6, 6.07) is 6.18. The van der Waals surface area contributed by atoms with E-state index in [0.717, 1.165) is 31.4 Å². The van der Waals surface area contributed by atoms with Gasteiger partial charge in [-0.05, 0) is 49.9 Å². The number of aliphatic hydroxyl groups is 1. The van der Waals surface area contributed by atoms with E-state index in [2.05, 4.69) is 5.32 Å². The van der Waals surface area contributed by atoms with Crippen molar-refractivity contribution in [2.24, 2.45) is 5.92 Å². The molecule has 1 aromatic rings. The third kappa shape index (κ3) is 3.67. The normalized spacial score (nSPS) is 33.4. The summed E-state index contributed by atoms with van der Waals surface area (Å²) in [5.74, 6) is -0.0338. The van der Waals surface area contributed by atoms with E-state index in [9.17, 15) is 9.50 Å². The smallest absolute Gasteiger partial charge is 0.123 e. The lowest BCUT2D eigenvalue weighted by Gasteiger charge is -2.51. The van der Waals surface area contributed by atoms with Crippen LogP contribution in [0.5, 0.6) is 0 Å². The summed E-state index contributed by atoms with van der Waals surface area (Å²) in [7, 11) is 1.69. The van der Waals surface area contributed by atoms with Crippen LogP contribution in [0.15, 0.2) is 24.3 Å². The Labute approximate surface area is 138 Å². The molecule has 4 atom stereocenters. The molecule has 1 saturated heterocycles. The molecule has 0 aromatic heterocycles. The first-order chi connectivity index (χ1) is 10.6. The van der Waals surface area contributed by atoms with Crippen molar-refractivity contribution in [1.82, 2.24) is 0 Å². The van der Waals surface area contributed by atoms with Crippen LogP contribution in [0.1, 0.15) is 33.1 Å². The van der Waals surface area contributed by atoms with E-state index >= 15 is 0 Å². The van der Waals surface area contributed by atoms with E-state index < -0.39 is 5.60 Å². The lowest BCUT2D eigenvalue weighted by atomic mass is 9.69. The second-order valence-electron chi connectivity index (χ2n) is 6.38. The third-order valence-corrected chi connectivity index (χ3v) is 4.94. The van der Waals surface area contributed by atoms with E-state index in [-0.39, 0.29) is 31.3 Å². The second-order valence-corrected chi connectivity index (χ2v) is 6.38. The molecule has 2 aliphatic rings. The van der Waals surface area contributed by atoms with Gasteiger partial charge >= 0.3 is 0 Å². The van der Waals surface area contributed by atoms with Crippen molar-refractivity contribution in [2.45, 2.75) is 50.9 Å². The fourth-order valence-electron chi connectivity index (χ4n) is 3.88. The number of nitrogens with one attached hydrogen (secondary N) is 1. The fourth-order valence-corrected chi connectivity index (χ4v) is 3.88. The van der Waals surface area contributed by atoms with Crippen LogP contribution < -0.4 is 5.32 Å². The van der Waals surface area contributed by atoms with Gasteiger partial charge in [0, 0.05) is 25.3 Å². The van der Waals surface area contributed by atoms with Gasteiger partial charge in [0.15, 0.2) is 0 Å². The molecule has 3 rings (SSSR count). The zero-order valence-corrected chi connectivity index (χ0v) is 12.9. The third-order valence-electron chi connectivity index (χ3n) is 4.94. The molecule has 1 saturated carbocycles. The molecular weight excluding hydrogens is 297 g/mol. The van der Waals surface area contributed by atoms with Crippen molar-refractivity contribution in [2.75, 3.05) is 25.6 Å². The predicted octanol–water partition coefficient (Wildman–Crippen LogP) is 3.21. The first-order valence-corrected chi connectivity index (χ1v) is 7.98. The Morgan fingerprint density at radius 2 is 2.09 bits per heavy atom. The Kier molecular flexibility index (Phi) is 6.00. The topological polar surface area (TPSA) is 50.7 Å². The largest absolute Gasteiger partial charge is 0.385 e. The van der Waals surface area contributed by atoms with Gasteiger partial charge in [-0.2, -0.15) is 0 Å². The van der Waals surface area contributed by atoms with Gasteiger partial charge in [0.05, 0.1) is 18.8 Å². The van der Waals surface area contributed by atoms with Gasteiger partial charge in [-0.25, -0.2) is 4.39 Å². The number of halogens is 1. The Hall–Kier alpha value is -1.17. The van der Waals surface area contributed by atoms with Gasteiger partial charge < -0.3 is 19.9 Å². The number of hydrogen-bond acceptors (Lipinski definition) is 4. The van der Waals surface area contributed by atoms with E-state index in [1.165, 1.54) is 12.1 Å². The molecule has 2 fully saturated rings. The summed E-state index contributed by atoms with van der Waals surface area (Å²) in [4.78, 5) is 0. The van der Waals surface area contributed by atoms with E-state index in [1.807, 2.05) is 0 Å². The summed E-state index contributed by atoms with van der Waals surface area (Å²) in [6.45, 7) is 1.30. The molecule has 130 valence electrons. The van der Waals surface area contributed by atoms with Crippen LogP contribution in [0.2, 0.25) is 0 Å². The highest BCUT2D eigenvalue weighted by Crippen LogP contribution is 2.42. The van der Waals surface area contributed by atoms with Gasteiger partial charge in [-0.3, -0.25) is 0 Å². The Balaban J connectivity index is 0.00000192. The molecule has 1 aromatic carbocycles. The van der Waals surface area contributed by atoms with Gasteiger partial charge in [-0.1, -0.05) is 7.43 Å². The lowest BCUT2D eigenvalue weighted by Crippen LogP contribution is -2.64. The molecule has 2 unspecified atom stereocenters. The predicted molar refractivity (Wildman–Crippen MR) is 89.1 cm³/mol. The Morgan fingerprint density at radius 3 is 2.78 bits per heavy atom. The molecule has 0 radical (unpaired) electrons. The first kappa shape index (κ1) is 18.2. The van der Waals surface area contributed by atoms with Crippen molar-refractivity contribution in [3.05, 3.63) is 30.1 Å². The van der Waals surface area contributed by atoms with Gasteiger partial charge in [-0.15, -0.1) is 0 Å². The molecule has 2 N–H and O–H groups in total. The van der Waals surface area contributed by atoms with Crippen LogP contribution in [0.25, 0.3) is 0 Å². The summed E-state index contributed by atoms with van der Waals surface area (Å²) < 4.78 is 24.2. The molecule has 5 heteroatoms. The van der Waals surface area contributed by atoms with Crippen LogP contribution in [0.3, 0.4) is 0 Å². The van der Waals surface area contributed by atoms with Crippen molar-refractivity contribution >= 4 is 5.69 Å². The molecule has 0 amide bonds. The van der Waals surface area contributed by atoms with Gasteiger partial charge in [0.2, 0.25) is 0 Å². The number of methoxy groups -OCH3 is 1. The van der Waals surface area contributed by atoms with Gasteiger partial charge in [0.25, 0.3) is 0 Å². The number of benzene rings is 1. The quantitative estimate of drug-likeness (QED) is 0.892. The van der Waals surface area contributed by atoms with E-state index in [4.69, 9.17) is 9.47 Å². The Morgan fingerprint density at radius 1 is 1.35 bits per heavy atom. The molecule has 0 bridgehead atoms. The van der Waals surface area contributed by atoms with Crippen molar-refractivity contribution < 1.29 is 19.0 Å². The molecule has 1 aliphatic heterocycles. The monoisotopic (exact) mass is 325 g/mol. The minimum absolute atomic E-state index is 0. The molecule has 4 nitrogen and oxygen atoms in total. The summed E-state index contributed by atoms with van der Waals surface area (Å²) >= 11 is 0. The minimum Gasteiger partial charge on any atom is -0.385 e. The summed E-state index contributed by atoms with van der Waals surface area (Å²) in [5, 5.41) is 14.6. The average Bonchev–Trinajstić information content (AvgIpc) is 2.52. The first-order valence-electron chi connectivity index (χ1n) is 7.98. The maximum absolute atomic E-state index is 13.0. The summed E-state index contributed by atoms with van der Waals surface area (Å²) in [5.41, 5.74) is -0.0667. The fraction of sp³-hybridized carbons (Fsp3) is 0.667. The molecule has 1 aliphatic carbocycles. The van der Waals surface area contributed by atoms with Crippen LogP contribution in [-0.4, -0.2) is 43.2 Å². The standard InChI is InChI=1S/C17H24FNO3.CH4/c1-21-11-12-3-8-15(17(20)9-2-10-22-16(12)17)19-14-6-4-13(18)5-7-14;/h4-7,12,15-16,19-20H,2-3,8-11H2,1H3;1H4/t12?,15-,16?,17+;/m0./s1. The van der Waals surface area contributed by atoms with Gasteiger partial charge in [0.1, 0.15) is 11.4 Å². The highest BCUT2D eigenvalue weighted by molar-refractivity contribution is 5.45. The molecular formula is C18H28FNO3. The number of anilines is 1. The molecule has 0 spiro atoms. The average molecular weight is 325 g/mol. The van der Waals surface area contributed by atoms with Crippen molar-refractivity contribution in [3.8, 4) is 0 Å². The van der Waals surface area contributed by atoms with Crippen molar-refractivity contribution in [1.29, 1.82) is 0 Å². The number of rotatable bonds is 4. The maximum atomic E-state index is 13.0. The highest BCUT2D eigenvalue weighted by Gasteiger charge is 2.52. The van der Waals surface area contributed by atoms with E-state index in [1.54, 1.807) is 19.2 Å². The van der Waals surface area contributed by atoms with Crippen molar-refractivity contribution in [3.63, 3.8) is 0 Å². The van der Waals surface area contributed by atoms with Crippen LogP contribution >= 0.6 is 0 Å². The molecule has 23 heavy (non-hydrogen) atoms.